The summed E-state index contributed by atoms with van der Waals surface area (Å²) < 4.78 is 4.84. The maximum Gasteiger partial charge on any atom is 0.164 e. The minimum absolute atomic E-state index is 0.635. The molecule has 288 valence electrons. The molecule has 3 aromatic heterocycles. The SMILES string of the molecule is c1ccc(-c2nc(-c3ccccc3)nc(-c3ccc4c(c3)-c3ccccc3-c3cccc5c6cc(-c7ccc8c(c7)c7ccccc7n8-c7ccccc7)ccc6n-4c35)n2)cc1. The Morgan fingerprint density at radius 1 is 0.274 bits per heavy atom. The van der Waals surface area contributed by atoms with Crippen molar-refractivity contribution in [3.8, 4) is 78.9 Å². The summed E-state index contributed by atoms with van der Waals surface area (Å²) in [6, 6.07) is 75.8. The first-order chi connectivity index (χ1) is 30.7. The van der Waals surface area contributed by atoms with Crippen molar-refractivity contribution < 1.29 is 0 Å². The third kappa shape index (κ3) is 5.25. The number of para-hydroxylation sites is 3. The van der Waals surface area contributed by atoms with Crippen molar-refractivity contribution in [1.29, 1.82) is 0 Å². The Morgan fingerprint density at radius 2 is 0.758 bits per heavy atom. The molecular formula is C57H35N5. The highest BCUT2D eigenvalue weighted by atomic mass is 15.0. The molecule has 4 heterocycles. The zero-order valence-electron chi connectivity index (χ0n) is 33.4. The second-order valence-electron chi connectivity index (χ2n) is 16.0. The molecule has 0 amide bonds. The topological polar surface area (TPSA) is 48.5 Å². The molecule has 0 atom stereocenters. The summed E-state index contributed by atoms with van der Waals surface area (Å²) in [5.41, 5.74) is 17.0. The quantitative estimate of drug-likeness (QED) is 0.174. The molecule has 0 N–H and O–H groups in total. The van der Waals surface area contributed by atoms with Crippen LogP contribution in [-0.4, -0.2) is 24.1 Å². The third-order valence-electron chi connectivity index (χ3n) is 12.5. The zero-order valence-corrected chi connectivity index (χ0v) is 33.4. The molecule has 0 saturated heterocycles. The molecule has 0 aliphatic carbocycles. The summed E-state index contributed by atoms with van der Waals surface area (Å²) >= 11 is 0. The predicted octanol–water partition coefficient (Wildman–Crippen LogP) is 14.4. The van der Waals surface area contributed by atoms with Crippen LogP contribution in [0.25, 0.3) is 123 Å². The molecule has 0 radical (unpaired) electrons. The summed E-state index contributed by atoms with van der Waals surface area (Å²) in [7, 11) is 0. The normalized spacial score (nSPS) is 11.9. The Balaban J connectivity index is 1.00. The molecule has 0 bridgehead atoms. The van der Waals surface area contributed by atoms with Gasteiger partial charge in [-0.1, -0.05) is 152 Å². The van der Waals surface area contributed by atoms with Crippen LogP contribution in [0.5, 0.6) is 0 Å². The van der Waals surface area contributed by atoms with Gasteiger partial charge in [0.25, 0.3) is 0 Å². The van der Waals surface area contributed by atoms with Crippen LogP contribution >= 0.6 is 0 Å². The Hall–Kier alpha value is -8.41. The number of hydrogen-bond acceptors (Lipinski definition) is 3. The number of hydrogen-bond donors (Lipinski definition) is 0. The number of benzene rings is 9. The molecule has 5 nitrogen and oxygen atoms in total. The summed E-state index contributed by atoms with van der Waals surface area (Å²) in [6.45, 7) is 0. The second-order valence-corrected chi connectivity index (χ2v) is 16.0. The van der Waals surface area contributed by atoms with Gasteiger partial charge in [-0.05, 0) is 82.9 Å². The maximum atomic E-state index is 5.11. The van der Waals surface area contributed by atoms with Crippen LogP contribution in [0, 0.1) is 0 Å². The van der Waals surface area contributed by atoms with E-state index in [1.165, 1.54) is 65.9 Å². The van der Waals surface area contributed by atoms with E-state index >= 15 is 0 Å². The largest absolute Gasteiger partial charge is 0.309 e. The van der Waals surface area contributed by atoms with Crippen LogP contribution < -0.4 is 0 Å². The lowest BCUT2D eigenvalue weighted by Crippen LogP contribution is -2.01. The van der Waals surface area contributed by atoms with E-state index in [0.29, 0.717) is 17.5 Å². The van der Waals surface area contributed by atoms with Gasteiger partial charge in [0, 0.05) is 55.0 Å². The molecular weight excluding hydrogens is 755 g/mol. The van der Waals surface area contributed by atoms with Gasteiger partial charge in [-0.2, -0.15) is 0 Å². The Bertz CT molecular complexity index is 3680. The monoisotopic (exact) mass is 789 g/mol. The lowest BCUT2D eigenvalue weighted by Gasteiger charge is -2.15. The molecule has 1 aliphatic rings. The molecule has 5 heteroatoms. The van der Waals surface area contributed by atoms with E-state index in [2.05, 4.69) is 185 Å². The molecule has 0 saturated carbocycles. The van der Waals surface area contributed by atoms with E-state index in [0.717, 1.165) is 39.1 Å². The summed E-state index contributed by atoms with van der Waals surface area (Å²) in [6.07, 6.45) is 0. The van der Waals surface area contributed by atoms with Crippen LogP contribution in [0.3, 0.4) is 0 Å². The van der Waals surface area contributed by atoms with Gasteiger partial charge < -0.3 is 9.13 Å². The molecule has 0 spiro atoms. The number of aromatic nitrogens is 5. The van der Waals surface area contributed by atoms with Crippen molar-refractivity contribution in [2.24, 2.45) is 0 Å². The van der Waals surface area contributed by atoms with Gasteiger partial charge in [0.2, 0.25) is 0 Å². The maximum absolute atomic E-state index is 5.11. The van der Waals surface area contributed by atoms with Gasteiger partial charge in [0.1, 0.15) is 0 Å². The fraction of sp³-hybridized carbons (Fsp3) is 0. The highest BCUT2D eigenvalue weighted by molar-refractivity contribution is 6.17. The van der Waals surface area contributed by atoms with Gasteiger partial charge in [-0.15, -0.1) is 0 Å². The van der Waals surface area contributed by atoms with Crippen molar-refractivity contribution in [2.75, 3.05) is 0 Å². The summed E-state index contributed by atoms with van der Waals surface area (Å²) in [5, 5.41) is 4.94. The Labute approximate surface area is 357 Å². The van der Waals surface area contributed by atoms with E-state index in [1.807, 2.05) is 36.4 Å². The van der Waals surface area contributed by atoms with Crippen molar-refractivity contribution >= 4 is 43.6 Å². The van der Waals surface area contributed by atoms with Crippen LogP contribution in [0.4, 0.5) is 0 Å². The standard InChI is InChI=1S/C57H35N5/c1-4-15-36(16-5-1)55-58-56(37-17-6-2-7-18-37)60-57(59-55)40-29-32-52-47(35-40)43-22-11-10-21-42(43)45-24-14-25-46-49-34-39(28-31-53(49)62(52)54(45)46)38-27-30-51-48(33-38)44-23-12-13-26-50(44)61(51)41-19-8-3-9-20-41/h1-35H. The molecule has 0 unspecified atom stereocenters. The molecule has 0 fully saturated rings. The first-order valence-electron chi connectivity index (χ1n) is 21.0. The average Bonchev–Trinajstić information content (AvgIpc) is 3.82. The van der Waals surface area contributed by atoms with Crippen molar-refractivity contribution in [3.05, 3.63) is 212 Å². The van der Waals surface area contributed by atoms with E-state index in [-0.39, 0.29) is 0 Å². The lowest BCUT2D eigenvalue weighted by atomic mass is 9.92. The Kier molecular flexibility index (Phi) is 7.54. The van der Waals surface area contributed by atoms with Gasteiger partial charge >= 0.3 is 0 Å². The van der Waals surface area contributed by atoms with Crippen LogP contribution in [0.15, 0.2) is 212 Å². The minimum atomic E-state index is 0.635. The van der Waals surface area contributed by atoms with Gasteiger partial charge in [-0.3, -0.25) is 0 Å². The van der Waals surface area contributed by atoms with E-state index in [1.54, 1.807) is 0 Å². The zero-order chi connectivity index (χ0) is 40.7. The number of fused-ring (bicyclic) bond motifs is 11. The Morgan fingerprint density at radius 3 is 1.44 bits per heavy atom. The van der Waals surface area contributed by atoms with E-state index < -0.39 is 0 Å². The van der Waals surface area contributed by atoms with Gasteiger partial charge in [0.15, 0.2) is 17.5 Å². The smallest absolute Gasteiger partial charge is 0.164 e. The van der Waals surface area contributed by atoms with Crippen molar-refractivity contribution in [2.45, 2.75) is 0 Å². The van der Waals surface area contributed by atoms with Crippen LogP contribution in [0.2, 0.25) is 0 Å². The third-order valence-corrected chi connectivity index (χ3v) is 12.5. The van der Waals surface area contributed by atoms with Crippen molar-refractivity contribution in [3.63, 3.8) is 0 Å². The first kappa shape index (κ1) is 34.5. The van der Waals surface area contributed by atoms with Gasteiger partial charge in [0.05, 0.1) is 27.8 Å². The van der Waals surface area contributed by atoms with E-state index in [9.17, 15) is 0 Å². The lowest BCUT2D eigenvalue weighted by molar-refractivity contribution is 1.07. The fourth-order valence-corrected chi connectivity index (χ4v) is 9.70. The van der Waals surface area contributed by atoms with Crippen LogP contribution in [-0.2, 0) is 0 Å². The number of nitrogens with zero attached hydrogens (tertiary/aromatic N) is 5. The summed E-state index contributed by atoms with van der Waals surface area (Å²) in [4.78, 5) is 15.2. The van der Waals surface area contributed by atoms with Crippen LogP contribution in [0.1, 0.15) is 0 Å². The molecule has 13 rings (SSSR count). The van der Waals surface area contributed by atoms with E-state index in [4.69, 9.17) is 15.0 Å². The van der Waals surface area contributed by atoms with Gasteiger partial charge in [-0.25, -0.2) is 15.0 Å². The predicted molar refractivity (Wildman–Crippen MR) is 255 cm³/mol. The number of rotatable bonds is 5. The highest BCUT2D eigenvalue weighted by Gasteiger charge is 2.26. The fourth-order valence-electron chi connectivity index (χ4n) is 9.70. The molecule has 12 aromatic rings. The summed E-state index contributed by atoms with van der Waals surface area (Å²) in [5.74, 6) is 1.93. The first-order valence-corrected chi connectivity index (χ1v) is 21.0. The second kappa shape index (κ2) is 13.6. The van der Waals surface area contributed by atoms with Crippen molar-refractivity contribution in [1.82, 2.24) is 24.1 Å². The molecule has 62 heavy (non-hydrogen) atoms. The molecule has 1 aliphatic heterocycles. The average molecular weight is 790 g/mol. The molecule has 9 aromatic carbocycles. The highest BCUT2D eigenvalue weighted by Crippen LogP contribution is 2.48. The minimum Gasteiger partial charge on any atom is -0.309 e.